The van der Waals surface area contributed by atoms with E-state index in [1.54, 1.807) is 6.08 Å². The van der Waals surface area contributed by atoms with Gasteiger partial charge in [-0.25, -0.2) is 0 Å². The van der Waals surface area contributed by atoms with Crippen LogP contribution in [0.15, 0.2) is 85.1 Å². The van der Waals surface area contributed by atoms with Gasteiger partial charge in [0, 0.05) is 6.42 Å². The van der Waals surface area contributed by atoms with Gasteiger partial charge in [-0.2, -0.15) is 0 Å². The van der Waals surface area contributed by atoms with E-state index in [1.165, 1.54) is 122 Å². The lowest BCUT2D eigenvalue weighted by atomic mass is 9.99. The second-order valence-electron chi connectivity index (χ2n) is 22.8. The van der Waals surface area contributed by atoms with Crippen molar-refractivity contribution in [1.82, 2.24) is 5.32 Å². The van der Waals surface area contributed by atoms with E-state index in [4.69, 9.17) is 14.2 Å². The molecule has 0 radical (unpaired) electrons. The number of nitrogens with one attached hydrogen (secondary N) is 1. The quantitative estimate of drug-likeness (QED) is 0.0195. The molecule has 0 bridgehead atoms. The number of ether oxygens (including phenoxy) is 3. The number of aliphatic hydroxyl groups is 5. The number of unbranched alkanes of at least 4 members (excludes halogenated alkanes) is 30. The molecular formula is C70H123NO10. The zero-order valence-corrected chi connectivity index (χ0v) is 51.9. The van der Waals surface area contributed by atoms with Crippen LogP contribution in [-0.4, -0.2) is 99.6 Å². The normalized spacial score (nSPS) is 19.2. The summed E-state index contributed by atoms with van der Waals surface area (Å²) >= 11 is 0. The van der Waals surface area contributed by atoms with E-state index in [1.807, 2.05) is 6.08 Å². The zero-order valence-electron chi connectivity index (χ0n) is 51.9. The summed E-state index contributed by atoms with van der Waals surface area (Å²) in [7, 11) is 0. The molecule has 0 aromatic rings. The second kappa shape index (κ2) is 57.3. The van der Waals surface area contributed by atoms with Crippen molar-refractivity contribution in [1.29, 1.82) is 0 Å². The highest BCUT2D eigenvalue weighted by Crippen LogP contribution is 2.26. The predicted molar refractivity (Wildman–Crippen MR) is 338 cm³/mol. The molecule has 1 aliphatic rings. The van der Waals surface area contributed by atoms with Gasteiger partial charge in [-0.05, 0) is 103 Å². The Morgan fingerprint density at radius 3 is 1.30 bits per heavy atom. The van der Waals surface area contributed by atoms with E-state index in [0.29, 0.717) is 12.8 Å². The Morgan fingerprint density at radius 2 is 0.852 bits per heavy atom. The van der Waals surface area contributed by atoms with Crippen LogP contribution in [0.25, 0.3) is 0 Å². The van der Waals surface area contributed by atoms with Crippen molar-refractivity contribution >= 4 is 11.9 Å². The van der Waals surface area contributed by atoms with Crippen molar-refractivity contribution in [2.45, 2.75) is 333 Å². The molecule has 0 aromatic heterocycles. The number of hydrogen-bond donors (Lipinski definition) is 6. The summed E-state index contributed by atoms with van der Waals surface area (Å²) in [5.74, 6) is -1.21. The number of amides is 1. The van der Waals surface area contributed by atoms with Crippen LogP contribution >= 0.6 is 0 Å². The average molecular weight is 1140 g/mol. The molecular weight excluding hydrogens is 1010 g/mol. The summed E-state index contributed by atoms with van der Waals surface area (Å²) in [5, 5.41) is 57.1. The highest BCUT2D eigenvalue weighted by atomic mass is 16.7. The lowest BCUT2D eigenvalue weighted by Gasteiger charge is -2.41. The fraction of sp³-hybridized carbons (Fsp3) is 0.771. The van der Waals surface area contributed by atoms with Crippen LogP contribution < -0.4 is 5.32 Å². The van der Waals surface area contributed by atoms with Gasteiger partial charge in [0.1, 0.15) is 24.4 Å². The molecule has 1 saturated heterocycles. The molecule has 8 unspecified atom stereocenters. The molecule has 0 saturated carbocycles. The SMILES string of the molecule is CCCCC/C=C\C/C=C\C/C=C\C/C=C\CCCCCCCCCC(=O)OC1C(OCC(NC(=O)C(O)CCCCCCCCCC/C=C\C/C=C\CCCCC)C(O)/C=C/CCCCCCCCCCC)OC(CO)C(O)C1O. The fourth-order valence-electron chi connectivity index (χ4n) is 9.96. The van der Waals surface area contributed by atoms with Crippen molar-refractivity contribution in [3.05, 3.63) is 85.1 Å². The fourth-order valence-corrected chi connectivity index (χ4v) is 9.96. The largest absolute Gasteiger partial charge is 0.454 e. The Labute approximate surface area is 495 Å². The zero-order chi connectivity index (χ0) is 58.9. The minimum atomic E-state index is -1.62. The third kappa shape index (κ3) is 45.0. The van der Waals surface area contributed by atoms with Crippen LogP contribution in [0.3, 0.4) is 0 Å². The first-order chi connectivity index (χ1) is 39.7. The summed E-state index contributed by atoms with van der Waals surface area (Å²) < 4.78 is 17.6. The second-order valence-corrected chi connectivity index (χ2v) is 22.8. The summed E-state index contributed by atoms with van der Waals surface area (Å²) in [6, 6.07) is -1.03. The molecule has 0 aromatic carbocycles. The number of rotatable bonds is 56. The van der Waals surface area contributed by atoms with Gasteiger partial charge in [0.05, 0.1) is 25.4 Å². The lowest BCUT2D eigenvalue weighted by Crippen LogP contribution is -2.61. The Bertz CT molecular complexity index is 1640. The van der Waals surface area contributed by atoms with Crippen LogP contribution in [0.4, 0.5) is 0 Å². The molecule has 1 aliphatic heterocycles. The first kappa shape index (κ1) is 75.9. The standard InChI is InChI=1S/C70H123NO10/c1-4-7-10-13-16-19-22-24-26-28-30-31-32-33-34-36-38-40-43-46-49-52-55-58-65(75)81-68-67(77)66(76)64(59-72)80-70(68)79-60-61(62(73)56-53-50-47-44-41-21-18-15-12-9-6-3)71-69(78)63(74)57-54-51-48-45-42-39-37-35-29-27-25-23-20-17-14-11-8-5-2/h16-17,19-20,24-27,30-31,33-34,53,56,61-64,66-68,70,72-74,76-77H,4-15,18,21-23,28-29,32,35-52,54-55,57-60H2,1-3H3,(H,71,78)/b19-16-,20-17-,26-24-,27-25-,31-30-,34-33-,56-53+. The molecule has 0 spiro atoms. The molecule has 11 nitrogen and oxygen atoms in total. The van der Waals surface area contributed by atoms with E-state index in [9.17, 15) is 35.1 Å². The third-order valence-corrected chi connectivity index (χ3v) is 15.3. The highest BCUT2D eigenvalue weighted by molar-refractivity contribution is 5.80. The van der Waals surface area contributed by atoms with Crippen molar-refractivity contribution in [2.24, 2.45) is 0 Å². The van der Waals surface area contributed by atoms with Gasteiger partial charge in [-0.3, -0.25) is 9.59 Å². The van der Waals surface area contributed by atoms with E-state index < -0.39 is 67.4 Å². The maximum atomic E-state index is 13.4. The molecule has 468 valence electrons. The first-order valence-corrected chi connectivity index (χ1v) is 33.4. The first-order valence-electron chi connectivity index (χ1n) is 33.4. The summed E-state index contributed by atoms with van der Waals surface area (Å²) in [6.07, 6.45) is 64.7. The molecule has 11 heteroatoms. The predicted octanol–water partition coefficient (Wildman–Crippen LogP) is 16.5. The van der Waals surface area contributed by atoms with E-state index in [-0.39, 0.29) is 19.4 Å². The van der Waals surface area contributed by atoms with Crippen LogP contribution in [-0.2, 0) is 23.8 Å². The minimum Gasteiger partial charge on any atom is -0.454 e. The van der Waals surface area contributed by atoms with E-state index >= 15 is 0 Å². The molecule has 6 N–H and O–H groups in total. The van der Waals surface area contributed by atoms with Crippen molar-refractivity contribution < 1.29 is 49.3 Å². The Morgan fingerprint density at radius 1 is 0.481 bits per heavy atom. The van der Waals surface area contributed by atoms with E-state index in [2.05, 4.69) is 99.0 Å². The average Bonchev–Trinajstić information content (AvgIpc) is 3.50. The number of allylic oxidation sites excluding steroid dienone is 13. The van der Waals surface area contributed by atoms with Gasteiger partial charge in [0.2, 0.25) is 5.91 Å². The Kier molecular flexibility index (Phi) is 53.6. The molecule has 8 atom stereocenters. The van der Waals surface area contributed by atoms with Gasteiger partial charge in [-0.15, -0.1) is 0 Å². The summed E-state index contributed by atoms with van der Waals surface area (Å²) in [4.78, 5) is 26.6. The number of esters is 1. The summed E-state index contributed by atoms with van der Waals surface area (Å²) in [6.45, 7) is 5.73. The molecule has 1 heterocycles. The van der Waals surface area contributed by atoms with Gasteiger partial charge in [-0.1, -0.05) is 260 Å². The van der Waals surface area contributed by atoms with Gasteiger partial charge in [0.25, 0.3) is 0 Å². The number of hydrogen-bond acceptors (Lipinski definition) is 10. The molecule has 1 amide bonds. The summed E-state index contributed by atoms with van der Waals surface area (Å²) in [5.41, 5.74) is 0. The van der Waals surface area contributed by atoms with Crippen LogP contribution in [0.2, 0.25) is 0 Å². The monoisotopic (exact) mass is 1140 g/mol. The highest BCUT2D eigenvalue weighted by Gasteiger charge is 2.47. The van der Waals surface area contributed by atoms with Gasteiger partial charge in [0.15, 0.2) is 12.4 Å². The molecule has 1 fully saturated rings. The van der Waals surface area contributed by atoms with E-state index in [0.717, 1.165) is 116 Å². The number of carbonyl (C=O) groups excluding carboxylic acids is 2. The topological polar surface area (TPSA) is 175 Å². The maximum Gasteiger partial charge on any atom is 0.306 e. The maximum absolute atomic E-state index is 13.4. The minimum absolute atomic E-state index is 0.108. The van der Waals surface area contributed by atoms with Crippen LogP contribution in [0.1, 0.15) is 284 Å². The lowest BCUT2D eigenvalue weighted by molar-refractivity contribution is -0.305. The van der Waals surface area contributed by atoms with Gasteiger partial charge < -0.3 is 45.1 Å². The number of carbonyl (C=O) groups is 2. The third-order valence-electron chi connectivity index (χ3n) is 15.3. The van der Waals surface area contributed by atoms with Crippen LogP contribution in [0.5, 0.6) is 0 Å². The van der Waals surface area contributed by atoms with Crippen molar-refractivity contribution in [3.8, 4) is 0 Å². The van der Waals surface area contributed by atoms with Crippen molar-refractivity contribution in [3.63, 3.8) is 0 Å². The Balaban J connectivity index is 2.62. The smallest absolute Gasteiger partial charge is 0.306 e. The molecule has 81 heavy (non-hydrogen) atoms. The molecule has 0 aliphatic carbocycles. The van der Waals surface area contributed by atoms with Gasteiger partial charge >= 0.3 is 5.97 Å². The van der Waals surface area contributed by atoms with Crippen LogP contribution in [0, 0.1) is 0 Å². The number of aliphatic hydroxyl groups excluding tert-OH is 5. The molecule has 1 rings (SSSR count). The van der Waals surface area contributed by atoms with Crippen molar-refractivity contribution in [2.75, 3.05) is 13.2 Å². The Hall–Kier alpha value is -3.16.